The first-order valence-electron chi connectivity index (χ1n) is 3.65. The summed E-state index contributed by atoms with van der Waals surface area (Å²) in [5.41, 5.74) is 0. The van der Waals surface area contributed by atoms with Crippen molar-refractivity contribution < 1.29 is 14.4 Å². The molecule has 0 aromatic carbocycles. The zero-order valence-corrected chi connectivity index (χ0v) is 11.2. The van der Waals surface area contributed by atoms with Gasteiger partial charge in [-0.3, -0.25) is 0 Å². The quantitative estimate of drug-likeness (QED) is 0.781. The van der Waals surface area contributed by atoms with E-state index in [0.29, 0.717) is 7.92 Å². The van der Waals surface area contributed by atoms with E-state index in [1.807, 2.05) is 0 Å². The molecule has 0 aliphatic rings. The van der Waals surface area contributed by atoms with E-state index in [0.717, 1.165) is 0 Å². The van der Waals surface area contributed by atoms with E-state index >= 15 is 0 Å². The van der Waals surface area contributed by atoms with Gasteiger partial charge in [-0.25, -0.2) is 0 Å². The van der Waals surface area contributed by atoms with Crippen LogP contribution in [0.4, 0.5) is 0 Å². The minimum absolute atomic E-state index is 0. The van der Waals surface area contributed by atoms with Crippen LogP contribution in [0.2, 0.25) is 0 Å². The Morgan fingerprint density at radius 3 is 1.25 bits per heavy atom. The maximum Gasteiger partial charge on any atom is 0.692 e. The molecule has 0 aliphatic heterocycles. The summed E-state index contributed by atoms with van der Waals surface area (Å²) >= 11 is 0. The molecule has 0 amide bonds. The second-order valence-electron chi connectivity index (χ2n) is 1.87. The minimum Gasteiger partial charge on any atom is -0.134 e. The van der Waals surface area contributed by atoms with Crippen LogP contribution >= 0.6 is 33.2 Å². The fourth-order valence-corrected chi connectivity index (χ4v) is 2.01. The van der Waals surface area contributed by atoms with E-state index in [1.54, 1.807) is 0 Å². The molecule has 6 heteroatoms. The van der Waals surface area contributed by atoms with Gasteiger partial charge in [0.2, 0.25) is 0 Å². The van der Waals surface area contributed by atoms with Gasteiger partial charge >= 0.3 is 8.25 Å². The first-order chi connectivity index (χ1) is 5.08. The zero-order valence-electron chi connectivity index (χ0n) is 7.73. The number of hydrogen-bond donors (Lipinski definition) is 2. The van der Waals surface area contributed by atoms with E-state index in [9.17, 15) is 0 Å². The Balaban J connectivity index is -0.000000142. The molecule has 0 saturated carbocycles. The van der Waals surface area contributed by atoms with Gasteiger partial charge in [0.05, 0.1) is 0 Å². The molecule has 0 aliphatic carbocycles. The third kappa shape index (κ3) is 22.4. The first kappa shape index (κ1) is 18.7. The average Bonchev–Trinajstić information content (AvgIpc) is 1.90. The number of rotatable bonds is 3. The van der Waals surface area contributed by atoms with Crippen molar-refractivity contribution in [3.8, 4) is 0 Å². The molecule has 12 heavy (non-hydrogen) atoms. The van der Waals surface area contributed by atoms with Crippen LogP contribution in [0.3, 0.4) is 0 Å². The summed E-state index contributed by atoms with van der Waals surface area (Å²) in [6.45, 7) is 6.87. The largest absolute Gasteiger partial charge is 0.692 e. The van der Waals surface area contributed by atoms with E-state index in [-0.39, 0.29) is 17.0 Å². The van der Waals surface area contributed by atoms with E-state index < -0.39 is 8.25 Å². The molecule has 2 N–H and O–H groups in total. The molecular formula is C6H18BrO3P2+. The monoisotopic (exact) mass is 279 g/mol. The molecule has 0 fully saturated rings. The lowest BCUT2D eigenvalue weighted by Crippen LogP contribution is -1.83. The maximum atomic E-state index is 8.70. The standard InChI is InChI=1S/C6H15P.BrH.HO3P/c1-4-7(5-2)6-3;;1-4(2)3/h4-6H2,1-3H3;1H;(H-,1,2,3)/p+1. The Morgan fingerprint density at radius 1 is 1.08 bits per heavy atom. The van der Waals surface area contributed by atoms with Gasteiger partial charge in [-0.1, -0.05) is 20.8 Å². The summed E-state index contributed by atoms with van der Waals surface area (Å²) in [4.78, 5) is 14.2. The maximum absolute atomic E-state index is 8.70. The molecule has 0 unspecified atom stereocenters. The van der Waals surface area contributed by atoms with Crippen molar-refractivity contribution in [2.24, 2.45) is 0 Å². The van der Waals surface area contributed by atoms with Crippen molar-refractivity contribution in [2.45, 2.75) is 20.8 Å². The molecular weight excluding hydrogens is 262 g/mol. The van der Waals surface area contributed by atoms with Crippen LogP contribution in [-0.4, -0.2) is 28.3 Å². The van der Waals surface area contributed by atoms with Gasteiger partial charge in [-0.15, -0.1) is 34.7 Å². The molecule has 3 nitrogen and oxygen atoms in total. The third-order valence-corrected chi connectivity index (χ3v) is 4.02. The lowest BCUT2D eigenvalue weighted by atomic mass is 10.9. The molecule has 0 saturated heterocycles. The average molecular weight is 280 g/mol. The minimum atomic E-state index is -2.87. The molecule has 0 aromatic rings. The fraction of sp³-hybridized carbons (Fsp3) is 1.00. The first-order valence-corrected chi connectivity index (χ1v) is 6.72. The van der Waals surface area contributed by atoms with Gasteiger partial charge in [0, 0.05) is 4.57 Å². The summed E-state index contributed by atoms with van der Waals surface area (Å²) in [5, 5.41) is 0. The predicted octanol–water partition coefficient (Wildman–Crippen LogP) is 2.73. The summed E-state index contributed by atoms with van der Waals surface area (Å²) in [6.07, 6.45) is 4.26. The Morgan fingerprint density at radius 2 is 1.25 bits per heavy atom. The van der Waals surface area contributed by atoms with Crippen molar-refractivity contribution >= 4 is 33.2 Å². The summed E-state index contributed by atoms with van der Waals surface area (Å²) in [5.74, 6) is 0. The van der Waals surface area contributed by atoms with Gasteiger partial charge < -0.3 is 0 Å². The topological polar surface area (TPSA) is 57.5 Å². The second kappa shape index (κ2) is 14.5. The van der Waals surface area contributed by atoms with E-state index in [4.69, 9.17) is 14.4 Å². The highest BCUT2D eigenvalue weighted by Gasteiger charge is 1.94. The van der Waals surface area contributed by atoms with Gasteiger partial charge in [0.25, 0.3) is 0 Å². The highest BCUT2D eigenvalue weighted by atomic mass is 79.9. The van der Waals surface area contributed by atoms with E-state index in [1.165, 1.54) is 18.5 Å². The number of halogens is 1. The Bertz CT molecular complexity index is 89.3. The summed E-state index contributed by atoms with van der Waals surface area (Å²) < 4.78 is 8.70. The molecule has 0 atom stereocenters. The normalized spacial score (nSPS) is 8.17. The predicted molar refractivity (Wildman–Crippen MR) is 60.9 cm³/mol. The highest BCUT2D eigenvalue weighted by Crippen LogP contribution is 2.32. The van der Waals surface area contributed by atoms with Gasteiger partial charge in [-0.05, 0) is 18.5 Å². The Hall–Kier alpha value is 0.930. The van der Waals surface area contributed by atoms with Crippen LogP contribution in [0.5, 0.6) is 0 Å². The summed E-state index contributed by atoms with van der Waals surface area (Å²) in [6, 6.07) is 0. The van der Waals surface area contributed by atoms with Crippen LogP contribution < -0.4 is 0 Å². The molecule has 0 bridgehead atoms. The Labute approximate surface area is 87.0 Å². The van der Waals surface area contributed by atoms with Crippen LogP contribution in [0, 0.1) is 0 Å². The number of hydrogen-bond acceptors (Lipinski definition) is 1. The van der Waals surface area contributed by atoms with Crippen molar-refractivity contribution in [1.29, 1.82) is 0 Å². The molecule has 0 radical (unpaired) electrons. The van der Waals surface area contributed by atoms with Crippen molar-refractivity contribution in [2.75, 3.05) is 18.5 Å². The SMILES string of the molecule is Br.CCP(CC)CC.O=[P+](O)O. The van der Waals surface area contributed by atoms with Crippen molar-refractivity contribution in [3.05, 3.63) is 0 Å². The van der Waals surface area contributed by atoms with Crippen LogP contribution in [0.25, 0.3) is 0 Å². The molecule has 0 aromatic heterocycles. The summed E-state index contributed by atoms with van der Waals surface area (Å²) in [7, 11) is -2.42. The molecule has 76 valence electrons. The van der Waals surface area contributed by atoms with Gasteiger partial charge in [0.15, 0.2) is 0 Å². The molecule has 0 rings (SSSR count). The third-order valence-electron chi connectivity index (χ3n) is 1.34. The molecule has 0 heterocycles. The van der Waals surface area contributed by atoms with Gasteiger partial charge in [-0.2, -0.15) is 0 Å². The van der Waals surface area contributed by atoms with Crippen LogP contribution in [0.15, 0.2) is 0 Å². The van der Waals surface area contributed by atoms with Gasteiger partial charge in [0.1, 0.15) is 0 Å². The van der Waals surface area contributed by atoms with E-state index in [2.05, 4.69) is 20.8 Å². The highest BCUT2D eigenvalue weighted by molar-refractivity contribution is 8.93. The smallest absolute Gasteiger partial charge is 0.134 e. The fourth-order valence-electron chi connectivity index (χ4n) is 0.671. The van der Waals surface area contributed by atoms with Crippen molar-refractivity contribution in [1.82, 2.24) is 0 Å². The molecule has 0 spiro atoms. The lowest BCUT2D eigenvalue weighted by molar-refractivity contribution is 0.405. The van der Waals surface area contributed by atoms with Crippen LogP contribution in [0.1, 0.15) is 20.8 Å². The second-order valence-corrected chi connectivity index (χ2v) is 5.62. The van der Waals surface area contributed by atoms with Crippen LogP contribution in [-0.2, 0) is 4.57 Å². The van der Waals surface area contributed by atoms with Crippen molar-refractivity contribution in [3.63, 3.8) is 0 Å². The zero-order chi connectivity index (χ0) is 9.28. The Kier molecular flexibility index (Phi) is 22.5. The lowest BCUT2D eigenvalue weighted by Gasteiger charge is -2.07.